The first-order chi connectivity index (χ1) is 9.65. The Morgan fingerprint density at radius 3 is 2.95 bits per heavy atom. The molecule has 0 saturated carbocycles. The first-order valence-electron chi connectivity index (χ1n) is 6.97. The van der Waals surface area contributed by atoms with Crippen LogP contribution in [0.5, 0.6) is 5.75 Å². The largest absolute Gasteiger partial charge is 0.496 e. The van der Waals surface area contributed by atoms with Gasteiger partial charge in [0.05, 0.1) is 13.7 Å². The highest BCUT2D eigenvalue weighted by atomic mass is 32.1. The number of thiocarbonyl (C=S) groups is 1. The Hall–Kier alpha value is -1.17. The number of hydrogen-bond donors (Lipinski definition) is 2. The zero-order valence-electron chi connectivity index (χ0n) is 11.8. The third-order valence-electron chi connectivity index (χ3n) is 3.90. The molecule has 0 aromatic heterocycles. The van der Waals surface area contributed by atoms with Gasteiger partial charge < -0.3 is 15.6 Å². The van der Waals surface area contributed by atoms with Crippen molar-refractivity contribution in [2.45, 2.75) is 31.8 Å². The van der Waals surface area contributed by atoms with Crippen molar-refractivity contribution >= 4 is 17.2 Å². The number of ether oxygens (including phenoxy) is 1. The number of rotatable bonds is 5. The van der Waals surface area contributed by atoms with Crippen molar-refractivity contribution in [2.75, 3.05) is 20.3 Å². The van der Waals surface area contributed by atoms with Crippen LogP contribution in [0.1, 0.15) is 30.4 Å². The summed E-state index contributed by atoms with van der Waals surface area (Å²) >= 11 is 5.03. The average molecular weight is 294 g/mol. The number of hydrogen-bond acceptors (Lipinski definition) is 4. The average Bonchev–Trinajstić information content (AvgIpc) is 2.47. The third kappa shape index (κ3) is 3.48. The van der Waals surface area contributed by atoms with Gasteiger partial charge in [0.1, 0.15) is 10.7 Å². The van der Waals surface area contributed by atoms with Gasteiger partial charge in [0.2, 0.25) is 0 Å². The number of aliphatic hydroxyl groups excluding tert-OH is 1. The Bertz CT molecular complexity index is 479. The fourth-order valence-electron chi connectivity index (χ4n) is 2.75. The summed E-state index contributed by atoms with van der Waals surface area (Å²) in [4.78, 5) is 2.70. The van der Waals surface area contributed by atoms with Crippen LogP contribution < -0.4 is 10.5 Å². The molecule has 1 aromatic carbocycles. The van der Waals surface area contributed by atoms with Crippen LogP contribution in [0.3, 0.4) is 0 Å². The van der Waals surface area contributed by atoms with E-state index in [1.807, 2.05) is 18.2 Å². The number of piperidine rings is 1. The Kier molecular flexibility index (Phi) is 5.34. The van der Waals surface area contributed by atoms with Gasteiger partial charge in [-0.1, -0.05) is 18.6 Å². The third-order valence-corrected chi connectivity index (χ3v) is 4.13. The summed E-state index contributed by atoms with van der Waals surface area (Å²) < 4.78 is 5.42. The van der Waals surface area contributed by atoms with Gasteiger partial charge in [0, 0.05) is 23.7 Å². The van der Waals surface area contributed by atoms with E-state index in [9.17, 15) is 5.11 Å². The van der Waals surface area contributed by atoms with E-state index in [1.165, 1.54) is 12.8 Å². The van der Waals surface area contributed by atoms with Crippen LogP contribution in [-0.2, 0) is 6.54 Å². The molecule has 1 atom stereocenters. The molecular formula is C15H22N2O2S. The zero-order valence-corrected chi connectivity index (χ0v) is 12.7. The zero-order chi connectivity index (χ0) is 14.5. The van der Waals surface area contributed by atoms with E-state index in [0.717, 1.165) is 36.4 Å². The summed E-state index contributed by atoms with van der Waals surface area (Å²) in [5.74, 6) is 0.840. The van der Waals surface area contributed by atoms with Crippen LogP contribution in [0.4, 0.5) is 0 Å². The number of methoxy groups -OCH3 is 1. The molecule has 0 bridgehead atoms. The molecule has 4 nitrogen and oxygen atoms in total. The summed E-state index contributed by atoms with van der Waals surface area (Å²) in [5, 5.41) is 9.50. The van der Waals surface area contributed by atoms with Crippen molar-refractivity contribution in [3.05, 3.63) is 29.3 Å². The number of nitrogens with two attached hydrogens (primary N) is 1. The van der Waals surface area contributed by atoms with Gasteiger partial charge >= 0.3 is 0 Å². The molecule has 2 rings (SSSR count). The molecule has 1 saturated heterocycles. The molecule has 1 aliphatic heterocycles. The Balaban J connectivity index is 2.21. The molecular weight excluding hydrogens is 272 g/mol. The fraction of sp³-hybridized carbons (Fsp3) is 0.533. The molecule has 3 N–H and O–H groups in total. The Labute approximate surface area is 125 Å². The van der Waals surface area contributed by atoms with Crippen LogP contribution in [0.25, 0.3) is 0 Å². The maximum Gasteiger partial charge on any atom is 0.123 e. The lowest BCUT2D eigenvalue weighted by Crippen LogP contribution is -2.41. The normalized spacial score (nSPS) is 19.8. The quantitative estimate of drug-likeness (QED) is 0.809. The van der Waals surface area contributed by atoms with Crippen molar-refractivity contribution < 1.29 is 9.84 Å². The number of likely N-dealkylation sites (tertiary alicyclic amines) is 1. The number of nitrogens with zero attached hydrogens (tertiary/aromatic N) is 1. The molecule has 0 amide bonds. The lowest BCUT2D eigenvalue weighted by molar-refractivity contribution is 0.0834. The van der Waals surface area contributed by atoms with E-state index >= 15 is 0 Å². The second kappa shape index (κ2) is 7.02. The predicted octanol–water partition coefficient (Wildman–Crippen LogP) is 1.68. The summed E-state index contributed by atoms with van der Waals surface area (Å²) in [6, 6.07) is 6.01. The summed E-state index contributed by atoms with van der Waals surface area (Å²) in [5.41, 5.74) is 7.62. The Morgan fingerprint density at radius 1 is 1.50 bits per heavy atom. The first-order valence-corrected chi connectivity index (χ1v) is 7.38. The molecule has 0 aliphatic carbocycles. The van der Waals surface area contributed by atoms with Gasteiger partial charge in [-0.2, -0.15) is 0 Å². The predicted molar refractivity (Wildman–Crippen MR) is 84.0 cm³/mol. The molecule has 0 spiro atoms. The monoisotopic (exact) mass is 294 g/mol. The highest BCUT2D eigenvalue weighted by Gasteiger charge is 2.22. The SMILES string of the molecule is COc1ccc(C(N)=S)cc1CN1CCCCC1CO. The van der Waals surface area contributed by atoms with Crippen molar-refractivity contribution in [1.82, 2.24) is 4.90 Å². The highest BCUT2D eigenvalue weighted by Crippen LogP contribution is 2.25. The van der Waals surface area contributed by atoms with Gasteiger partial charge in [0.25, 0.3) is 0 Å². The smallest absolute Gasteiger partial charge is 0.123 e. The van der Waals surface area contributed by atoms with E-state index in [2.05, 4.69) is 4.90 Å². The van der Waals surface area contributed by atoms with Crippen LogP contribution >= 0.6 is 12.2 Å². The minimum Gasteiger partial charge on any atom is -0.496 e. The van der Waals surface area contributed by atoms with Crippen LogP contribution in [0.2, 0.25) is 0 Å². The van der Waals surface area contributed by atoms with Gasteiger partial charge in [-0.3, -0.25) is 4.90 Å². The van der Waals surface area contributed by atoms with Gasteiger partial charge in [-0.25, -0.2) is 0 Å². The van der Waals surface area contributed by atoms with E-state index in [0.29, 0.717) is 4.99 Å². The van der Waals surface area contributed by atoms with Crippen LogP contribution in [0, 0.1) is 0 Å². The topological polar surface area (TPSA) is 58.7 Å². The molecule has 1 heterocycles. The Morgan fingerprint density at radius 2 is 2.30 bits per heavy atom. The second-order valence-electron chi connectivity index (χ2n) is 5.19. The molecule has 1 aliphatic rings. The highest BCUT2D eigenvalue weighted by molar-refractivity contribution is 7.80. The number of aliphatic hydroxyl groups is 1. The van der Waals surface area contributed by atoms with Crippen LogP contribution in [0.15, 0.2) is 18.2 Å². The molecule has 20 heavy (non-hydrogen) atoms. The van der Waals surface area contributed by atoms with Gasteiger partial charge in [-0.15, -0.1) is 0 Å². The minimum atomic E-state index is 0.206. The summed E-state index contributed by atoms with van der Waals surface area (Å²) in [6.07, 6.45) is 3.41. The fourth-order valence-corrected chi connectivity index (χ4v) is 2.88. The van der Waals surface area contributed by atoms with Gasteiger partial charge in [-0.05, 0) is 37.6 Å². The van der Waals surface area contributed by atoms with Crippen molar-refractivity contribution in [1.29, 1.82) is 0 Å². The molecule has 5 heteroatoms. The van der Waals surface area contributed by atoms with Crippen molar-refractivity contribution in [3.8, 4) is 5.75 Å². The first kappa shape index (κ1) is 15.2. The summed E-state index contributed by atoms with van der Waals surface area (Å²) in [6.45, 7) is 1.97. The van der Waals surface area contributed by atoms with E-state index < -0.39 is 0 Å². The van der Waals surface area contributed by atoms with Crippen LogP contribution in [-0.4, -0.2) is 41.3 Å². The van der Waals surface area contributed by atoms with E-state index in [4.69, 9.17) is 22.7 Å². The maximum absolute atomic E-state index is 9.50. The minimum absolute atomic E-state index is 0.206. The summed E-state index contributed by atoms with van der Waals surface area (Å²) in [7, 11) is 1.67. The standard InChI is InChI=1S/C15H22N2O2S/c1-19-14-6-5-11(15(16)20)8-12(14)9-17-7-3-2-4-13(17)10-18/h5-6,8,13,18H,2-4,7,9-10H2,1H3,(H2,16,20). The molecule has 1 aromatic rings. The molecule has 110 valence electrons. The maximum atomic E-state index is 9.50. The van der Waals surface area contributed by atoms with Gasteiger partial charge in [0.15, 0.2) is 0 Å². The molecule has 1 fully saturated rings. The molecule has 1 unspecified atom stereocenters. The lowest BCUT2D eigenvalue weighted by atomic mass is 10.0. The number of benzene rings is 1. The van der Waals surface area contributed by atoms with Crippen molar-refractivity contribution in [3.63, 3.8) is 0 Å². The lowest BCUT2D eigenvalue weighted by Gasteiger charge is -2.34. The van der Waals surface area contributed by atoms with Crippen molar-refractivity contribution in [2.24, 2.45) is 5.73 Å². The molecule has 0 radical (unpaired) electrons. The van der Waals surface area contributed by atoms with E-state index in [1.54, 1.807) is 7.11 Å². The van der Waals surface area contributed by atoms with E-state index in [-0.39, 0.29) is 12.6 Å². The second-order valence-corrected chi connectivity index (χ2v) is 5.63.